The molecule has 1 aliphatic carbocycles. The van der Waals surface area contributed by atoms with Gasteiger partial charge in [-0.3, -0.25) is 0 Å². The fourth-order valence-electron chi connectivity index (χ4n) is 2.26. The molecule has 1 rings (SSSR count). The second-order valence-corrected chi connectivity index (χ2v) is 6.40. The zero-order valence-electron chi connectivity index (χ0n) is 12.5. The Morgan fingerprint density at radius 1 is 1.37 bits per heavy atom. The van der Waals surface area contributed by atoms with E-state index < -0.39 is 6.10 Å². The van der Waals surface area contributed by atoms with E-state index in [-0.39, 0.29) is 30.1 Å². The highest BCUT2D eigenvalue weighted by molar-refractivity contribution is 5.74. The molecular formula is C14H28N2O3. The monoisotopic (exact) mass is 272 g/mol. The third-order valence-corrected chi connectivity index (χ3v) is 3.78. The van der Waals surface area contributed by atoms with Gasteiger partial charge in [-0.15, -0.1) is 0 Å². The van der Waals surface area contributed by atoms with Crippen molar-refractivity contribution in [3.8, 4) is 0 Å². The number of carbonyl (C=O) groups excluding carboxylic acids is 1. The van der Waals surface area contributed by atoms with E-state index in [0.717, 1.165) is 25.7 Å². The van der Waals surface area contributed by atoms with Gasteiger partial charge in [0.05, 0.1) is 18.2 Å². The van der Waals surface area contributed by atoms with Crippen molar-refractivity contribution in [1.82, 2.24) is 10.6 Å². The van der Waals surface area contributed by atoms with Gasteiger partial charge in [0, 0.05) is 13.7 Å². The molecule has 0 aliphatic heterocycles. The summed E-state index contributed by atoms with van der Waals surface area (Å²) < 4.78 is 5.39. The maximum Gasteiger partial charge on any atom is 0.315 e. The number of rotatable bonds is 4. The van der Waals surface area contributed by atoms with Crippen molar-refractivity contribution < 1.29 is 14.6 Å². The number of aliphatic hydroxyl groups excluding tert-OH is 1. The maximum atomic E-state index is 11.8. The average molecular weight is 272 g/mol. The summed E-state index contributed by atoms with van der Waals surface area (Å²) in [6.07, 6.45) is 3.77. The summed E-state index contributed by atoms with van der Waals surface area (Å²) in [5.74, 6) is 0. The topological polar surface area (TPSA) is 70.6 Å². The number of aliphatic hydroxyl groups is 1. The van der Waals surface area contributed by atoms with Crippen molar-refractivity contribution in [2.24, 2.45) is 5.41 Å². The normalized spacial score (nSPS) is 25.7. The number of amides is 2. The van der Waals surface area contributed by atoms with E-state index in [2.05, 4.69) is 10.6 Å². The van der Waals surface area contributed by atoms with Gasteiger partial charge in [0.25, 0.3) is 0 Å². The number of ether oxygens (including phenoxy) is 1. The predicted molar refractivity (Wildman–Crippen MR) is 75.0 cm³/mol. The molecule has 0 saturated heterocycles. The number of urea groups is 1. The minimum atomic E-state index is -0.553. The van der Waals surface area contributed by atoms with Crippen molar-refractivity contribution in [1.29, 1.82) is 0 Å². The summed E-state index contributed by atoms with van der Waals surface area (Å²) in [5, 5.41) is 15.5. The van der Waals surface area contributed by atoms with Crippen LogP contribution >= 0.6 is 0 Å². The van der Waals surface area contributed by atoms with Crippen molar-refractivity contribution in [3.05, 3.63) is 0 Å². The summed E-state index contributed by atoms with van der Waals surface area (Å²) in [5.41, 5.74) is -0.229. The molecule has 5 nitrogen and oxygen atoms in total. The first-order valence-electron chi connectivity index (χ1n) is 7.10. The smallest absolute Gasteiger partial charge is 0.315 e. The van der Waals surface area contributed by atoms with Crippen molar-refractivity contribution in [2.75, 3.05) is 13.7 Å². The lowest BCUT2D eigenvalue weighted by atomic mass is 9.89. The molecule has 0 radical (unpaired) electrons. The van der Waals surface area contributed by atoms with E-state index in [1.54, 1.807) is 7.11 Å². The van der Waals surface area contributed by atoms with Crippen LogP contribution in [-0.2, 0) is 4.74 Å². The highest BCUT2D eigenvalue weighted by atomic mass is 16.5. The van der Waals surface area contributed by atoms with Gasteiger partial charge < -0.3 is 20.5 Å². The molecule has 19 heavy (non-hydrogen) atoms. The van der Waals surface area contributed by atoms with Crippen molar-refractivity contribution >= 4 is 6.03 Å². The van der Waals surface area contributed by atoms with Crippen LogP contribution < -0.4 is 10.6 Å². The fraction of sp³-hybridized carbons (Fsp3) is 0.929. The standard InChI is InChI=1S/C14H28N2O3/c1-14(2,3)12(17)9-15-13(18)16-10-7-5-6-8-11(10)19-4/h10-12,17H,5-9H2,1-4H3,(H2,15,16,18). The zero-order chi connectivity index (χ0) is 14.5. The minimum absolute atomic E-state index is 0.0746. The van der Waals surface area contributed by atoms with Gasteiger partial charge in [0.15, 0.2) is 0 Å². The molecule has 0 heterocycles. The lowest BCUT2D eigenvalue weighted by Crippen LogP contribution is -2.51. The van der Waals surface area contributed by atoms with Gasteiger partial charge >= 0.3 is 6.03 Å². The molecule has 0 aromatic heterocycles. The molecule has 3 atom stereocenters. The lowest BCUT2D eigenvalue weighted by molar-refractivity contribution is 0.0437. The van der Waals surface area contributed by atoms with E-state index in [4.69, 9.17) is 4.74 Å². The molecule has 0 bridgehead atoms. The number of hydrogen-bond donors (Lipinski definition) is 3. The Balaban J connectivity index is 2.34. The molecule has 0 spiro atoms. The van der Waals surface area contributed by atoms with E-state index in [1.165, 1.54) is 0 Å². The molecule has 1 saturated carbocycles. The third kappa shape index (κ3) is 5.37. The molecule has 0 aromatic rings. The summed E-state index contributed by atoms with van der Waals surface area (Å²) in [4.78, 5) is 11.8. The Morgan fingerprint density at radius 3 is 2.58 bits per heavy atom. The number of methoxy groups -OCH3 is 1. The molecule has 2 amide bonds. The van der Waals surface area contributed by atoms with Gasteiger partial charge in [-0.05, 0) is 18.3 Å². The zero-order valence-corrected chi connectivity index (χ0v) is 12.5. The Labute approximate surface area is 116 Å². The predicted octanol–water partition coefficient (Wildman–Crippen LogP) is 1.65. The molecule has 3 unspecified atom stereocenters. The average Bonchev–Trinajstić information content (AvgIpc) is 2.35. The molecule has 1 fully saturated rings. The highest BCUT2D eigenvalue weighted by Gasteiger charge is 2.27. The van der Waals surface area contributed by atoms with Crippen LogP contribution in [0, 0.1) is 5.41 Å². The molecule has 5 heteroatoms. The van der Waals surface area contributed by atoms with Crippen LogP contribution in [0.2, 0.25) is 0 Å². The molecule has 1 aliphatic rings. The van der Waals surface area contributed by atoms with Gasteiger partial charge in [-0.2, -0.15) is 0 Å². The number of hydrogen-bond acceptors (Lipinski definition) is 3. The van der Waals surface area contributed by atoms with Gasteiger partial charge in [0.1, 0.15) is 0 Å². The summed E-state index contributed by atoms with van der Waals surface area (Å²) in [7, 11) is 1.69. The Kier molecular flexibility index (Phi) is 6.07. The van der Waals surface area contributed by atoms with Crippen LogP contribution in [0.4, 0.5) is 4.79 Å². The maximum absolute atomic E-state index is 11.8. The molecule has 0 aromatic carbocycles. The van der Waals surface area contributed by atoms with E-state index >= 15 is 0 Å². The number of nitrogens with one attached hydrogen (secondary N) is 2. The molecule has 3 N–H and O–H groups in total. The highest BCUT2D eigenvalue weighted by Crippen LogP contribution is 2.21. The van der Waals surface area contributed by atoms with Crippen LogP contribution in [0.25, 0.3) is 0 Å². The Bertz CT molecular complexity index is 289. The number of carbonyl (C=O) groups is 1. The largest absolute Gasteiger partial charge is 0.391 e. The first-order chi connectivity index (χ1) is 8.84. The lowest BCUT2D eigenvalue weighted by Gasteiger charge is -2.31. The van der Waals surface area contributed by atoms with Crippen LogP contribution in [0.3, 0.4) is 0 Å². The van der Waals surface area contributed by atoms with Gasteiger partial charge in [-0.1, -0.05) is 33.6 Å². The Morgan fingerprint density at radius 2 is 2.00 bits per heavy atom. The van der Waals surface area contributed by atoms with Crippen molar-refractivity contribution in [3.63, 3.8) is 0 Å². The summed E-state index contributed by atoms with van der Waals surface area (Å²) >= 11 is 0. The van der Waals surface area contributed by atoms with Crippen LogP contribution in [-0.4, -0.2) is 43.0 Å². The van der Waals surface area contributed by atoms with Crippen LogP contribution in [0.1, 0.15) is 46.5 Å². The fourth-order valence-corrected chi connectivity index (χ4v) is 2.26. The van der Waals surface area contributed by atoms with Gasteiger partial charge in [-0.25, -0.2) is 4.79 Å². The van der Waals surface area contributed by atoms with E-state index in [9.17, 15) is 9.90 Å². The van der Waals surface area contributed by atoms with Crippen LogP contribution in [0.5, 0.6) is 0 Å². The first kappa shape index (κ1) is 16.2. The quantitative estimate of drug-likeness (QED) is 0.729. The van der Waals surface area contributed by atoms with E-state index in [0.29, 0.717) is 0 Å². The second kappa shape index (κ2) is 7.10. The molecular weight excluding hydrogens is 244 g/mol. The SMILES string of the molecule is COC1CCCCC1NC(=O)NCC(O)C(C)(C)C. The summed E-state index contributed by atoms with van der Waals surface area (Å²) in [6, 6.07) is -0.150. The van der Waals surface area contributed by atoms with Gasteiger partial charge in [0.2, 0.25) is 0 Å². The molecule has 112 valence electrons. The first-order valence-corrected chi connectivity index (χ1v) is 7.10. The summed E-state index contributed by atoms with van der Waals surface area (Å²) in [6.45, 7) is 6.09. The minimum Gasteiger partial charge on any atom is -0.391 e. The second-order valence-electron chi connectivity index (χ2n) is 6.40. The van der Waals surface area contributed by atoms with E-state index in [1.807, 2.05) is 20.8 Å². The Hall–Kier alpha value is -0.810. The van der Waals surface area contributed by atoms with Crippen molar-refractivity contribution in [2.45, 2.75) is 64.7 Å². The van der Waals surface area contributed by atoms with Crippen LogP contribution in [0.15, 0.2) is 0 Å². The third-order valence-electron chi connectivity index (χ3n) is 3.78.